The summed E-state index contributed by atoms with van der Waals surface area (Å²) in [5.41, 5.74) is 6.69. The summed E-state index contributed by atoms with van der Waals surface area (Å²) in [4.78, 5) is 4.25. The summed E-state index contributed by atoms with van der Waals surface area (Å²) in [5, 5.41) is 3.01. The zero-order valence-corrected chi connectivity index (χ0v) is 16.3. The van der Waals surface area contributed by atoms with Gasteiger partial charge < -0.3 is 5.73 Å². The average molecular weight is 543 g/mol. The Balaban J connectivity index is 0.000000254. The van der Waals surface area contributed by atoms with E-state index in [9.17, 15) is 13.2 Å². The molecule has 0 saturated heterocycles. The molecule has 0 unspecified atom stereocenters. The van der Waals surface area contributed by atoms with E-state index in [0.717, 1.165) is 27.3 Å². The molecule has 2 aromatic carbocycles. The number of nitrogens with two attached hydrogens (primary N) is 1. The Morgan fingerprint density at radius 3 is 2.08 bits per heavy atom. The molecule has 0 fully saturated rings. The van der Waals surface area contributed by atoms with Crippen LogP contribution in [0.25, 0.3) is 0 Å². The van der Waals surface area contributed by atoms with Crippen molar-refractivity contribution in [1.82, 2.24) is 14.8 Å². The van der Waals surface area contributed by atoms with Crippen molar-refractivity contribution in [1.29, 1.82) is 0 Å². The van der Waals surface area contributed by atoms with Gasteiger partial charge in [-0.3, -0.25) is 0 Å². The van der Waals surface area contributed by atoms with Gasteiger partial charge in [-0.1, -0.05) is 30.3 Å². The fourth-order valence-corrected chi connectivity index (χ4v) is 2.57. The first kappa shape index (κ1) is 20.3. The molecule has 0 saturated carbocycles. The number of alkyl halides is 3. The van der Waals surface area contributed by atoms with Gasteiger partial charge in [-0.15, -0.1) is 0 Å². The Morgan fingerprint density at radius 2 is 1.65 bits per heavy atom. The quantitative estimate of drug-likeness (QED) is 0.531. The first-order chi connectivity index (χ1) is 12.3. The largest absolute Gasteiger partial charge is 0.326 e. The van der Waals surface area contributed by atoms with Crippen LogP contribution in [0.15, 0.2) is 54.6 Å². The van der Waals surface area contributed by atoms with Crippen molar-refractivity contribution in [3.63, 3.8) is 0 Å². The molecular formula is C18H19F3N4Pt. The Kier molecular flexibility index (Phi) is 7.12. The van der Waals surface area contributed by atoms with Crippen LogP contribution in [0, 0.1) is 3.80 Å². The molecule has 0 aliphatic rings. The van der Waals surface area contributed by atoms with E-state index < -0.39 is 11.7 Å². The number of nitrogens with one attached hydrogen (secondary N) is 1. The van der Waals surface area contributed by atoms with Gasteiger partial charge in [0.05, 0.1) is 0 Å². The summed E-state index contributed by atoms with van der Waals surface area (Å²) < 4.78 is 39.7. The molecule has 0 atom stereocenters. The molecule has 0 aliphatic carbocycles. The van der Waals surface area contributed by atoms with E-state index in [4.69, 9.17) is 5.73 Å². The Bertz CT molecular complexity index is 868. The summed E-state index contributed by atoms with van der Waals surface area (Å²) in [7, 11) is 1.82. The third-order valence-electron chi connectivity index (χ3n) is 3.50. The number of nitrogens with zero attached hydrogens (tertiary/aromatic N) is 2. The van der Waals surface area contributed by atoms with Gasteiger partial charge in [0.25, 0.3) is 0 Å². The van der Waals surface area contributed by atoms with Crippen LogP contribution in [0.4, 0.5) is 13.2 Å². The number of hydrogen-bond donors (Lipinski definition) is 2. The van der Waals surface area contributed by atoms with E-state index in [0.29, 0.717) is 13.0 Å². The van der Waals surface area contributed by atoms with Crippen molar-refractivity contribution in [2.24, 2.45) is 12.8 Å². The minimum Gasteiger partial charge on any atom is -0.326 e. The van der Waals surface area contributed by atoms with Gasteiger partial charge >= 0.3 is 112 Å². The van der Waals surface area contributed by atoms with Crippen molar-refractivity contribution >= 4 is 0 Å². The van der Waals surface area contributed by atoms with Gasteiger partial charge in [-0.25, -0.2) is 0 Å². The fraction of sp³-hybridized carbons (Fsp3) is 0.222. The predicted molar refractivity (Wildman–Crippen MR) is 89.4 cm³/mol. The summed E-state index contributed by atoms with van der Waals surface area (Å²) in [6.07, 6.45) is -3.81. The maximum atomic E-state index is 12.4. The molecule has 4 nitrogen and oxygen atoms in total. The van der Waals surface area contributed by atoms with Gasteiger partial charge in [-0.05, 0) is 5.56 Å². The van der Waals surface area contributed by atoms with Crippen molar-refractivity contribution < 1.29 is 32.5 Å². The molecule has 0 spiro atoms. The van der Waals surface area contributed by atoms with Crippen LogP contribution in [-0.4, -0.2) is 14.8 Å². The number of aryl methyl sites for hydroxylation is 1. The zero-order chi connectivity index (χ0) is 19.2. The molecule has 3 aromatic rings. The minimum atomic E-state index is -4.29. The Labute approximate surface area is 160 Å². The second-order valence-electron chi connectivity index (χ2n) is 5.53. The molecule has 3 rings (SSSR count). The number of rotatable bonds is 3. The summed E-state index contributed by atoms with van der Waals surface area (Å²) in [6, 6.07) is 15.1. The van der Waals surface area contributed by atoms with Crippen LogP contribution in [0.2, 0.25) is 0 Å². The van der Waals surface area contributed by atoms with Crippen LogP contribution in [-0.2, 0) is 45.5 Å². The second-order valence-corrected chi connectivity index (χ2v) is 6.55. The van der Waals surface area contributed by atoms with E-state index in [1.54, 1.807) is 4.68 Å². The van der Waals surface area contributed by atoms with E-state index >= 15 is 0 Å². The van der Waals surface area contributed by atoms with Gasteiger partial charge in [0.1, 0.15) is 0 Å². The summed E-state index contributed by atoms with van der Waals surface area (Å²) in [6.45, 7) is 0.640. The van der Waals surface area contributed by atoms with E-state index in [-0.39, 0.29) is 0 Å². The zero-order valence-electron chi connectivity index (χ0n) is 14.0. The number of benzene rings is 2. The van der Waals surface area contributed by atoms with Crippen LogP contribution < -0.4 is 5.73 Å². The molecule has 142 valence electrons. The van der Waals surface area contributed by atoms with Crippen LogP contribution in [0.5, 0.6) is 0 Å². The van der Waals surface area contributed by atoms with Gasteiger partial charge in [0, 0.05) is 6.54 Å². The molecule has 0 amide bonds. The molecule has 8 heteroatoms. The maximum Gasteiger partial charge on any atom is 0.0178 e. The summed E-state index contributed by atoms with van der Waals surface area (Å²) >= 11 is 2.06. The van der Waals surface area contributed by atoms with Gasteiger partial charge in [0.15, 0.2) is 0 Å². The first-order valence-corrected chi connectivity index (χ1v) is 8.90. The van der Waals surface area contributed by atoms with Gasteiger partial charge in [0.2, 0.25) is 0 Å². The monoisotopic (exact) mass is 543 g/mol. The normalized spacial score (nSPS) is 11.0. The molecule has 0 aliphatic heterocycles. The van der Waals surface area contributed by atoms with E-state index in [1.807, 2.05) is 37.4 Å². The average Bonchev–Trinajstić information content (AvgIpc) is 2.93. The van der Waals surface area contributed by atoms with Crippen molar-refractivity contribution in [3.05, 3.63) is 80.9 Å². The molecular weight excluding hydrogens is 524 g/mol. The van der Waals surface area contributed by atoms with Crippen molar-refractivity contribution in [3.8, 4) is 0 Å². The smallest absolute Gasteiger partial charge is 0.0178 e. The number of aromatic amines is 1. The number of aromatic nitrogens is 3. The molecule has 0 bridgehead atoms. The van der Waals surface area contributed by atoms with Crippen molar-refractivity contribution in [2.75, 3.05) is 0 Å². The number of hydrogen-bond acceptors (Lipinski definition) is 2. The second kappa shape index (κ2) is 9.10. The predicted octanol–water partition coefficient (Wildman–Crippen LogP) is 3.58. The fourth-order valence-electron chi connectivity index (χ4n) is 2.14. The Morgan fingerprint density at radius 1 is 1.04 bits per heavy atom. The summed E-state index contributed by atoms with van der Waals surface area (Å²) in [5.74, 6) is 0.724. The maximum absolute atomic E-state index is 12.4. The molecule has 3 N–H and O–H groups in total. The Hall–Kier alpha value is -1.98. The van der Waals surface area contributed by atoms with E-state index in [2.05, 4.69) is 29.4 Å². The van der Waals surface area contributed by atoms with Gasteiger partial charge in [-0.2, -0.15) is 0 Å². The molecule has 0 radical (unpaired) electrons. The number of H-pyrrole nitrogens is 1. The van der Waals surface area contributed by atoms with Crippen molar-refractivity contribution in [2.45, 2.75) is 19.1 Å². The topological polar surface area (TPSA) is 59.6 Å². The molecule has 1 heterocycles. The first-order valence-electron chi connectivity index (χ1n) is 7.77. The molecule has 26 heavy (non-hydrogen) atoms. The third kappa shape index (κ3) is 6.07. The van der Waals surface area contributed by atoms with Crippen LogP contribution in [0.1, 0.15) is 22.5 Å². The number of halogens is 3. The van der Waals surface area contributed by atoms with Crippen LogP contribution >= 0.6 is 0 Å². The SMILES string of the molecule is Cn1[nH]c(Cc2ccc(C(F)(F)F)cc2)n[c]1=[Pt].NCc1ccccc1. The van der Waals surface area contributed by atoms with Crippen LogP contribution in [0.3, 0.4) is 0 Å². The third-order valence-corrected chi connectivity index (χ3v) is 4.52. The van der Waals surface area contributed by atoms with E-state index in [1.165, 1.54) is 17.7 Å². The standard InChI is InChI=1S/C11H10F3N3.C7H9N.Pt/c1-17-7-15-10(16-17)6-8-2-4-9(5-3-8)11(12,13)14;8-6-7-4-2-1-3-5-7;/h2-5H,6H2,1H3,(H,15,16);1-5H,6,8H2;. The minimum absolute atomic E-state index is 0.481. The molecule has 1 aromatic heterocycles.